The number of carbonyl (C=O) groups excluding carboxylic acids is 1. The van der Waals surface area contributed by atoms with E-state index in [-0.39, 0.29) is 30.4 Å². The number of rotatable bonds is 5. The lowest BCUT2D eigenvalue weighted by Crippen LogP contribution is -2.45. The maximum Gasteiger partial charge on any atom is 0.307 e. The monoisotopic (exact) mass is 265 g/mol. The van der Waals surface area contributed by atoms with Crippen LogP contribution < -0.4 is 0 Å². The lowest BCUT2D eigenvalue weighted by Gasteiger charge is -2.30. The summed E-state index contributed by atoms with van der Waals surface area (Å²) in [7, 11) is 0. The molecule has 4 unspecified atom stereocenters. The molecule has 4 atom stereocenters. The molecule has 19 heavy (non-hydrogen) atoms. The Morgan fingerprint density at radius 2 is 1.79 bits per heavy atom. The van der Waals surface area contributed by atoms with E-state index in [9.17, 15) is 14.7 Å². The van der Waals surface area contributed by atoms with E-state index in [1.807, 2.05) is 12.2 Å². The van der Waals surface area contributed by atoms with Gasteiger partial charge in [0.2, 0.25) is 5.91 Å². The van der Waals surface area contributed by atoms with Crippen molar-refractivity contribution >= 4 is 11.9 Å². The summed E-state index contributed by atoms with van der Waals surface area (Å²) in [6.07, 6.45) is 6.67. The van der Waals surface area contributed by atoms with E-state index in [0.29, 0.717) is 6.54 Å². The molecule has 5 nitrogen and oxygen atoms in total. The van der Waals surface area contributed by atoms with Crippen LogP contribution in [0, 0.1) is 23.7 Å². The largest absolute Gasteiger partial charge is 0.481 e. The summed E-state index contributed by atoms with van der Waals surface area (Å²) in [5.74, 6) is -1.87. The number of carboxylic acid groups (broad SMARTS) is 1. The number of amides is 1. The van der Waals surface area contributed by atoms with Gasteiger partial charge in [-0.2, -0.15) is 0 Å². The smallest absolute Gasteiger partial charge is 0.307 e. The Morgan fingerprint density at radius 3 is 2.32 bits per heavy atom. The van der Waals surface area contributed by atoms with Crippen molar-refractivity contribution in [2.24, 2.45) is 23.7 Å². The van der Waals surface area contributed by atoms with E-state index in [2.05, 4.69) is 0 Å². The second-order valence-corrected chi connectivity index (χ2v) is 5.82. The Hall–Kier alpha value is -1.36. The summed E-state index contributed by atoms with van der Waals surface area (Å²) in [6.45, 7) is 0.268. The molecule has 3 aliphatic rings. The normalized spacial score (nSPS) is 35.6. The van der Waals surface area contributed by atoms with Crippen molar-refractivity contribution in [2.75, 3.05) is 13.2 Å². The highest BCUT2D eigenvalue weighted by Crippen LogP contribution is 2.49. The third kappa shape index (κ3) is 2.06. The van der Waals surface area contributed by atoms with Crippen molar-refractivity contribution < 1.29 is 19.8 Å². The van der Waals surface area contributed by atoms with Crippen LogP contribution in [0.15, 0.2) is 12.2 Å². The van der Waals surface area contributed by atoms with E-state index in [1.165, 1.54) is 0 Å². The van der Waals surface area contributed by atoms with Gasteiger partial charge in [-0.25, -0.2) is 0 Å². The number of aliphatic carboxylic acids is 1. The summed E-state index contributed by atoms with van der Waals surface area (Å²) in [6, 6.07) is 0.220. The Labute approximate surface area is 111 Å². The molecule has 0 aliphatic heterocycles. The van der Waals surface area contributed by atoms with E-state index in [0.717, 1.165) is 19.3 Å². The van der Waals surface area contributed by atoms with Gasteiger partial charge in [-0.05, 0) is 31.1 Å². The molecule has 2 N–H and O–H groups in total. The number of hydrogen-bond acceptors (Lipinski definition) is 3. The fraction of sp³-hybridized carbons (Fsp3) is 0.714. The molecule has 3 aliphatic carbocycles. The van der Waals surface area contributed by atoms with Crippen LogP contribution in [0.1, 0.15) is 19.3 Å². The zero-order valence-corrected chi connectivity index (χ0v) is 10.7. The zero-order valence-electron chi connectivity index (χ0n) is 10.7. The minimum Gasteiger partial charge on any atom is -0.481 e. The molecule has 2 saturated carbocycles. The third-order valence-electron chi connectivity index (χ3n) is 4.64. The van der Waals surface area contributed by atoms with Gasteiger partial charge in [0.25, 0.3) is 0 Å². The predicted molar refractivity (Wildman–Crippen MR) is 67.2 cm³/mol. The molecule has 2 bridgehead atoms. The SMILES string of the molecule is O=C(O)C1C2C=CC(C2)C1C(=O)N(CCO)C1CC1. The highest BCUT2D eigenvalue weighted by Gasteiger charge is 2.53. The number of fused-ring (bicyclic) bond motifs is 2. The first-order chi connectivity index (χ1) is 9.13. The molecule has 0 heterocycles. The average Bonchev–Trinajstić information content (AvgIpc) is 3.01. The minimum atomic E-state index is -0.866. The minimum absolute atomic E-state index is 0.00614. The Balaban J connectivity index is 1.81. The van der Waals surface area contributed by atoms with Gasteiger partial charge in [0.15, 0.2) is 0 Å². The first-order valence-electron chi connectivity index (χ1n) is 6.96. The molecule has 0 spiro atoms. The van der Waals surface area contributed by atoms with E-state index < -0.39 is 17.8 Å². The number of carboxylic acids is 1. The number of carbonyl (C=O) groups is 2. The molecule has 0 aromatic carbocycles. The molecular weight excluding hydrogens is 246 g/mol. The molecule has 0 radical (unpaired) electrons. The molecule has 0 saturated heterocycles. The van der Waals surface area contributed by atoms with Crippen LogP contribution in [0.5, 0.6) is 0 Å². The molecule has 2 fully saturated rings. The van der Waals surface area contributed by atoms with E-state index >= 15 is 0 Å². The molecule has 0 aromatic heterocycles. The van der Waals surface area contributed by atoms with Gasteiger partial charge in [-0.15, -0.1) is 0 Å². The fourth-order valence-electron chi connectivity index (χ4n) is 3.65. The quantitative estimate of drug-likeness (QED) is 0.709. The van der Waals surface area contributed by atoms with E-state index in [1.54, 1.807) is 4.90 Å². The predicted octanol–water partition coefficient (Wildman–Crippen LogP) is 0.493. The highest BCUT2D eigenvalue weighted by molar-refractivity contribution is 5.87. The standard InChI is InChI=1S/C14H19NO4/c16-6-5-15(10-3-4-10)13(17)11-8-1-2-9(7-8)12(11)14(18)19/h1-2,8-12,16H,3-7H2,(H,18,19). The molecule has 3 rings (SSSR count). The Bertz CT molecular complexity index is 429. The zero-order chi connectivity index (χ0) is 13.6. The van der Waals surface area contributed by atoms with Gasteiger partial charge in [-0.1, -0.05) is 12.2 Å². The Morgan fingerprint density at radius 1 is 1.16 bits per heavy atom. The number of aliphatic hydroxyl groups excluding tert-OH is 1. The topological polar surface area (TPSA) is 77.8 Å². The van der Waals surface area contributed by atoms with Gasteiger partial charge in [0.05, 0.1) is 18.4 Å². The van der Waals surface area contributed by atoms with Gasteiger partial charge in [0, 0.05) is 12.6 Å². The fourth-order valence-corrected chi connectivity index (χ4v) is 3.65. The Kier molecular flexibility index (Phi) is 3.09. The second kappa shape index (κ2) is 4.63. The number of hydrogen-bond donors (Lipinski definition) is 2. The molecule has 104 valence electrons. The lowest BCUT2D eigenvalue weighted by molar-refractivity contribution is -0.151. The van der Waals surface area contributed by atoms with Crippen LogP contribution in [-0.4, -0.2) is 46.2 Å². The van der Waals surface area contributed by atoms with Gasteiger partial charge in [-0.3, -0.25) is 9.59 Å². The summed E-state index contributed by atoms with van der Waals surface area (Å²) < 4.78 is 0. The molecule has 1 amide bonds. The van der Waals surface area contributed by atoms with Crippen molar-refractivity contribution in [1.29, 1.82) is 0 Å². The van der Waals surface area contributed by atoms with Crippen LogP contribution in [-0.2, 0) is 9.59 Å². The van der Waals surface area contributed by atoms with Crippen LogP contribution in [0.4, 0.5) is 0 Å². The first kappa shape index (κ1) is 12.7. The van der Waals surface area contributed by atoms with Crippen molar-refractivity contribution in [1.82, 2.24) is 4.90 Å². The summed E-state index contributed by atoms with van der Waals surface area (Å²) in [4.78, 5) is 25.8. The van der Waals surface area contributed by atoms with Crippen LogP contribution in [0.3, 0.4) is 0 Å². The van der Waals surface area contributed by atoms with Gasteiger partial charge >= 0.3 is 5.97 Å². The first-order valence-corrected chi connectivity index (χ1v) is 6.96. The van der Waals surface area contributed by atoms with E-state index in [4.69, 9.17) is 5.11 Å². The van der Waals surface area contributed by atoms with Crippen molar-refractivity contribution in [3.05, 3.63) is 12.2 Å². The van der Waals surface area contributed by atoms with Crippen LogP contribution in [0.2, 0.25) is 0 Å². The number of allylic oxidation sites excluding steroid dienone is 2. The average molecular weight is 265 g/mol. The second-order valence-electron chi connectivity index (χ2n) is 5.82. The van der Waals surface area contributed by atoms with Crippen molar-refractivity contribution in [2.45, 2.75) is 25.3 Å². The van der Waals surface area contributed by atoms with Crippen molar-refractivity contribution in [3.63, 3.8) is 0 Å². The highest BCUT2D eigenvalue weighted by atomic mass is 16.4. The molecule has 5 heteroatoms. The lowest BCUT2D eigenvalue weighted by atomic mass is 9.82. The molecule has 0 aromatic rings. The van der Waals surface area contributed by atoms with Crippen LogP contribution in [0.25, 0.3) is 0 Å². The summed E-state index contributed by atoms with van der Waals surface area (Å²) in [5.41, 5.74) is 0. The van der Waals surface area contributed by atoms with Gasteiger partial charge < -0.3 is 15.1 Å². The van der Waals surface area contributed by atoms with Gasteiger partial charge in [0.1, 0.15) is 0 Å². The number of nitrogens with zero attached hydrogens (tertiary/aromatic N) is 1. The maximum absolute atomic E-state index is 12.6. The van der Waals surface area contributed by atoms with Crippen molar-refractivity contribution in [3.8, 4) is 0 Å². The van der Waals surface area contributed by atoms with Crippen LogP contribution >= 0.6 is 0 Å². The summed E-state index contributed by atoms with van der Waals surface area (Å²) in [5, 5.41) is 18.5. The maximum atomic E-state index is 12.6. The number of aliphatic hydroxyl groups is 1. The molecular formula is C14H19NO4. The third-order valence-corrected chi connectivity index (χ3v) is 4.64. The summed E-state index contributed by atoms with van der Waals surface area (Å²) >= 11 is 0.